The molecule has 0 amide bonds. The van der Waals surface area contributed by atoms with Gasteiger partial charge in [-0.15, -0.1) is 0 Å². The van der Waals surface area contributed by atoms with Crippen molar-refractivity contribution in [3.8, 4) is 16.9 Å². The second kappa shape index (κ2) is 7.53. The van der Waals surface area contributed by atoms with Crippen LogP contribution >= 0.6 is 0 Å². The topological polar surface area (TPSA) is 9.23 Å². The fourth-order valence-electron chi connectivity index (χ4n) is 2.89. The van der Waals surface area contributed by atoms with Gasteiger partial charge in [-0.1, -0.05) is 0 Å². The second-order valence-corrected chi connectivity index (χ2v) is 5.77. The Balaban J connectivity index is 2.25. The molecule has 0 N–H and O–H groups in total. The Morgan fingerprint density at radius 3 is 2.07 bits per heavy atom. The smallest absolute Gasteiger partial charge is 0.271 e. The summed E-state index contributed by atoms with van der Waals surface area (Å²) in [5.41, 5.74) is -2.05. The van der Waals surface area contributed by atoms with Crippen molar-refractivity contribution in [3.63, 3.8) is 0 Å². The highest BCUT2D eigenvalue weighted by Crippen LogP contribution is 2.35. The molecule has 0 fully saturated rings. The predicted octanol–water partition coefficient (Wildman–Crippen LogP) is 6.84. The molecular weight excluding hydrogens is 389 g/mol. The molecule has 0 aromatic heterocycles. The number of hydrogen-bond donors (Lipinski definition) is 0. The SMILES string of the molecule is CCOc1cc(F)c(-c2cc(F)c3c(F)c(C=C(F)F)c(F)cc3c2)c(F)c1. The van der Waals surface area contributed by atoms with Crippen LogP contribution in [0.1, 0.15) is 12.5 Å². The molecule has 0 heterocycles. The summed E-state index contributed by atoms with van der Waals surface area (Å²) in [5.74, 6) is -6.42. The highest BCUT2D eigenvalue weighted by molar-refractivity contribution is 5.90. The zero-order valence-electron chi connectivity index (χ0n) is 14.2. The lowest BCUT2D eigenvalue weighted by atomic mass is 9.97. The van der Waals surface area contributed by atoms with Crippen molar-refractivity contribution in [3.05, 3.63) is 71.1 Å². The Morgan fingerprint density at radius 2 is 1.50 bits per heavy atom. The molecule has 0 aliphatic heterocycles. The van der Waals surface area contributed by atoms with Gasteiger partial charge >= 0.3 is 0 Å². The van der Waals surface area contributed by atoms with Crippen molar-refractivity contribution in [1.82, 2.24) is 0 Å². The van der Waals surface area contributed by atoms with E-state index in [0.29, 0.717) is 12.1 Å². The fraction of sp³-hybridized carbons (Fsp3) is 0.100. The molecule has 1 nitrogen and oxygen atoms in total. The first-order chi connectivity index (χ1) is 13.2. The molecular formula is C20H11F7O. The lowest BCUT2D eigenvalue weighted by Crippen LogP contribution is -1.98. The number of fused-ring (bicyclic) bond motifs is 1. The molecule has 8 heteroatoms. The summed E-state index contributed by atoms with van der Waals surface area (Å²) >= 11 is 0. The third-order valence-electron chi connectivity index (χ3n) is 3.98. The molecule has 0 radical (unpaired) electrons. The van der Waals surface area contributed by atoms with Gasteiger partial charge in [0, 0.05) is 18.2 Å². The van der Waals surface area contributed by atoms with Crippen molar-refractivity contribution < 1.29 is 35.5 Å². The van der Waals surface area contributed by atoms with Crippen LogP contribution in [0.3, 0.4) is 0 Å². The standard InChI is InChI=1S/C20H11F7O/c1-2-28-11-6-15(23)18(16(24)7-11)9-3-10-4-13(21)12(8-17(25)26)20(27)19(10)14(22)5-9/h3-8H,2H2,1H3. The van der Waals surface area contributed by atoms with E-state index in [9.17, 15) is 30.7 Å². The van der Waals surface area contributed by atoms with Crippen LogP contribution in [0.4, 0.5) is 30.7 Å². The lowest BCUT2D eigenvalue weighted by Gasteiger charge is -2.12. The van der Waals surface area contributed by atoms with E-state index in [1.807, 2.05) is 0 Å². The summed E-state index contributed by atoms with van der Waals surface area (Å²) in [6, 6.07) is 4.01. The van der Waals surface area contributed by atoms with Gasteiger partial charge in [0.05, 0.1) is 23.1 Å². The van der Waals surface area contributed by atoms with Crippen LogP contribution in [-0.2, 0) is 0 Å². The molecule has 3 aromatic carbocycles. The van der Waals surface area contributed by atoms with Gasteiger partial charge in [-0.05, 0) is 36.1 Å². The highest BCUT2D eigenvalue weighted by Gasteiger charge is 2.20. The van der Waals surface area contributed by atoms with Crippen LogP contribution < -0.4 is 4.74 Å². The molecule has 3 aromatic rings. The lowest BCUT2D eigenvalue weighted by molar-refractivity contribution is 0.336. The third kappa shape index (κ3) is 3.54. The molecule has 146 valence electrons. The maximum atomic E-state index is 14.5. The van der Waals surface area contributed by atoms with Crippen LogP contribution in [0, 0.1) is 29.1 Å². The summed E-state index contributed by atoms with van der Waals surface area (Å²) in [6.45, 7) is 1.78. The normalized spacial score (nSPS) is 11.0. The van der Waals surface area contributed by atoms with Gasteiger partial charge in [0.15, 0.2) is 0 Å². The molecule has 0 atom stereocenters. The highest BCUT2D eigenvalue weighted by atomic mass is 19.3. The third-order valence-corrected chi connectivity index (χ3v) is 3.98. The number of benzene rings is 3. The van der Waals surface area contributed by atoms with Gasteiger partial charge < -0.3 is 4.74 Å². The van der Waals surface area contributed by atoms with Crippen molar-refractivity contribution in [1.29, 1.82) is 0 Å². The summed E-state index contributed by atoms with van der Waals surface area (Å²) in [6.07, 6.45) is -2.43. The van der Waals surface area contributed by atoms with E-state index in [4.69, 9.17) is 4.74 Å². The average Bonchev–Trinajstić information content (AvgIpc) is 2.57. The first-order valence-electron chi connectivity index (χ1n) is 7.99. The monoisotopic (exact) mass is 400 g/mol. The van der Waals surface area contributed by atoms with Gasteiger partial charge in [0.25, 0.3) is 6.08 Å². The Labute approximate surface area is 154 Å². The molecule has 28 heavy (non-hydrogen) atoms. The summed E-state index contributed by atoms with van der Waals surface area (Å²) < 4.78 is 101. The molecule has 0 aliphatic rings. The maximum absolute atomic E-state index is 14.5. The maximum Gasteiger partial charge on any atom is 0.271 e. The molecule has 0 saturated heterocycles. The van der Waals surface area contributed by atoms with Gasteiger partial charge in [-0.2, -0.15) is 8.78 Å². The van der Waals surface area contributed by atoms with Gasteiger partial charge in [-0.3, -0.25) is 0 Å². The van der Waals surface area contributed by atoms with Crippen molar-refractivity contribution in [2.75, 3.05) is 6.61 Å². The first-order valence-corrected chi connectivity index (χ1v) is 7.99. The first kappa shape index (κ1) is 19.7. The van der Waals surface area contributed by atoms with Crippen molar-refractivity contribution >= 4 is 16.8 Å². The molecule has 0 unspecified atom stereocenters. The van der Waals surface area contributed by atoms with E-state index in [1.165, 1.54) is 0 Å². The molecule has 0 aliphatic carbocycles. The second-order valence-electron chi connectivity index (χ2n) is 5.77. The fourth-order valence-corrected chi connectivity index (χ4v) is 2.89. The van der Waals surface area contributed by atoms with E-state index >= 15 is 0 Å². The van der Waals surface area contributed by atoms with Crippen molar-refractivity contribution in [2.24, 2.45) is 0 Å². The Kier molecular flexibility index (Phi) is 5.31. The average molecular weight is 400 g/mol. The Hall–Kier alpha value is -3.03. The minimum absolute atomic E-state index is 0.0662. The zero-order valence-corrected chi connectivity index (χ0v) is 14.2. The molecule has 0 saturated carbocycles. The molecule has 0 spiro atoms. The van der Waals surface area contributed by atoms with E-state index in [2.05, 4.69) is 0 Å². The minimum atomic E-state index is -2.37. The summed E-state index contributed by atoms with van der Waals surface area (Å²) in [4.78, 5) is 0. The van der Waals surface area contributed by atoms with Crippen LogP contribution in [0.15, 0.2) is 36.4 Å². The number of hydrogen-bond acceptors (Lipinski definition) is 1. The molecule has 0 bridgehead atoms. The van der Waals surface area contributed by atoms with Gasteiger partial charge in [-0.25, -0.2) is 22.0 Å². The van der Waals surface area contributed by atoms with E-state index < -0.39 is 51.7 Å². The van der Waals surface area contributed by atoms with Crippen LogP contribution in [-0.4, -0.2) is 6.61 Å². The van der Waals surface area contributed by atoms with Gasteiger partial charge in [0.1, 0.15) is 34.8 Å². The number of halogens is 7. The number of ether oxygens (including phenoxy) is 1. The van der Waals surface area contributed by atoms with E-state index in [0.717, 1.165) is 18.2 Å². The zero-order chi connectivity index (χ0) is 20.6. The largest absolute Gasteiger partial charge is 0.494 e. The minimum Gasteiger partial charge on any atom is -0.494 e. The van der Waals surface area contributed by atoms with E-state index in [-0.39, 0.29) is 29.4 Å². The van der Waals surface area contributed by atoms with Crippen LogP contribution in [0.25, 0.3) is 28.0 Å². The quantitative estimate of drug-likeness (QED) is 0.436. The Morgan fingerprint density at radius 1 is 0.857 bits per heavy atom. The van der Waals surface area contributed by atoms with Crippen molar-refractivity contribution in [2.45, 2.75) is 6.92 Å². The summed E-state index contributed by atoms with van der Waals surface area (Å²) in [5, 5.41) is -1.15. The summed E-state index contributed by atoms with van der Waals surface area (Å²) in [7, 11) is 0. The predicted molar refractivity (Wildman–Crippen MR) is 90.5 cm³/mol. The number of rotatable bonds is 4. The van der Waals surface area contributed by atoms with E-state index in [1.54, 1.807) is 6.92 Å². The van der Waals surface area contributed by atoms with Crippen LogP contribution in [0.2, 0.25) is 0 Å². The van der Waals surface area contributed by atoms with Crippen LogP contribution in [0.5, 0.6) is 5.75 Å². The van der Waals surface area contributed by atoms with Gasteiger partial charge in [0.2, 0.25) is 0 Å². The Bertz CT molecular complexity index is 1080. The molecule has 3 rings (SSSR count).